The zero-order valence-electron chi connectivity index (χ0n) is 20.4. The van der Waals surface area contributed by atoms with Crippen LogP contribution in [0.3, 0.4) is 0 Å². The van der Waals surface area contributed by atoms with Crippen LogP contribution in [0.25, 0.3) is 0 Å². The molecule has 202 valence electrons. The Morgan fingerprint density at radius 2 is 0.889 bits per heavy atom. The predicted octanol–water partition coefficient (Wildman–Crippen LogP) is -0.915. The molecule has 14 heteroatoms. The van der Waals surface area contributed by atoms with Crippen LogP contribution >= 0.6 is 0 Å². The van der Waals surface area contributed by atoms with Gasteiger partial charge in [-0.2, -0.15) is 0 Å². The highest BCUT2D eigenvalue weighted by Crippen LogP contribution is 1.98. The number of aliphatic carboxylic acids is 2. The molecule has 0 aromatic carbocycles. The summed E-state index contributed by atoms with van der Waals surface area (Å²) < 4.78 is 19.5. The molecule has 0 heterocycles. The van der Waals surface area contributed by atoms with Crippen LogP contribution in [-0.4, -0.2) is 122 Å². The van der Waals surface area contributed by atoms with Crippen LogP contribution in [0.2, 0.25) is 0 Å². The van der Waals surface area contributed by atoms with Crippen LogP contribution in [0.4, 0.5) is 0 Å². The van der Waals surface area contributed by atoms with Crippen molar-refractivity contribution in [3.05, 3.63) is 24.3 Å². The highest BCUT2D eigenvalue weighted by atomic mass is 16.6. The lowest BCUT2D eigenvalue weighted by atomic mass is 10.3. The maximum atomic E-state index is 12.2. The van der Waals surface area contributed by atoms with Crippen molar-refractivity contribution in [3.63, 3.8) is 0 Å². The third-order valence-electron chi connectivity index (χ3n) is 4.01. The Morgan fingerprint density at radius 1 is 0.583 bits per heavy atom. The predicted molar refractivity (Wildman–Crippen MR) is 122 cm³/mol. The molecule has 2 N–H and O–H groups in total. The first-order valence-corrected chi connectivity index (χ1v) is 10.7. The Kier molecular flexibility index (Phi) is 15.8. The van der Waals surface area contributed by atoms with E-state index in [1.54, 1.807) is 0 Å². The number of ether oxygens (including phenoxy) is 4. The molecule has 0 radical (unpaired) electrons. The fourth-order valence-electron chi connectivity index (χ4n) is 2.38. The van der Waals surface area contributed by atoms with Gasteiger partial charge in [-0.05, 0) is 13.8 Å². The molecule has 0 aliphatic rings. The van der Waals surface area contributed by atoms with Gasteiger partial charge in [-0.15, -0.1) is 0 Å². The molecule has 0 fully saturated rings. The van der Waals surface area contributed by atoms with Crippen molar-refractivity contribution in [2.24, 2.45) is 0 Å². The number of carboxylic acid groups (broad SMARTS) is 2. The number of nitrogens with zero attached hydrogens (tertiary/aromatic N) is 2. The molecular formula is C22H32N2O12. The third kappa shape index (κ3) is 16.8. The third-order valence-corrected chi connectivity index (χ3v) is 4.01. The van der Waals surface area contributed by atoms with Crippen molar-refractivity contribution in [2.75, 3.05) is 65.7 Å². The smallest absolute Gasteiger partial charge is 0.333 e. The first kappa shape index (κ1) is 32.2. The molecule has 0 unspecified atom stereocenters. The first-order valence-electron chi connectivity index (χ1n) is 10.7. The summed E-state index contributed by atoms with van der Waals surface area (Å²) in [6, 6.07) is 0. The van der Waals surface area contributed by atoms with E-state index in [1.165, 1.54) is 18.7 Å². The van der Waals surface area contributed by atoms with Crippen LogP contribution in [0.15, 0.2) is 24.3 Å². The van der Waals surface area contributed by atoms with Gasteiger partial charge < -0.3 is 29.2 Å². The maximum Gasteiger partial charge on any atom is 0.333 e. The molecule has 0 aliphatic heterocycles. The van der Waals surface area contributed by atoms with E-state index < -0.39 is 62.0 Å². The van der Waals surface area contributed by atoms with E-state index in [2.05, 4.69) is 13.2 Å². The Balaban J connectivity index is 4.92. The summed E-state index contributed by atoms with van der Waals surface area (Å²) in [5.41, 5.74) is 0.348. The van der Waals surface area contributed by atoms with Gasteiger partial charge in [-0.3, -0.25) is 29.0 Å². The number of hydrogen-bond donors (Lipinski definition) is 2. The van der Waals surface area contributed by atoms with E-state index in [1.807, 2.05) is 0 Å². The van der Waals surface area contributed by atoms with E-state index in [9.17, 15) is 28.8 Å². The van der Waals surface area contributed by atoms with Crippen LogP contribution in [0.1, 0.15) is 13.8 Å². The standard InChI is InChI=1S/C22H32N2O12/c1-15(2)21(31)35-9-7-33-19(29)13-24(6-5-23(11-17(25)26)12-18(27)28)14-20(30)34-8-10-36-22(32)16(3)4/h1,3,5-14H2,2,4H3,(H,25,26)(H,27,28). The van der Waals surface area contributed by atoms with Crippen molar-refractivity contribution in [3.8, 4) is 0 Å². The van der Waals surface area contributed by atoms with E-state index in [0.29, 0.717) is 0 Å². The van der Waals surface area contributed by atoms with Gasteiger partial charge in [0.2, 0.25) is 0 Å². The lowest BCUT2D eigenvalue weighted by Gasteiger charge is -2.24. The number of carbonyl (C=O) groups excluding carboxylic acids is 4. The number of hydrogen-bond acceptors (Lipinski definition) is 12. The van der Waals surface area contributed by atoms with E-state index in [0.717, 1.165) is 4.90 Å². The maximum absolute atomic E-state index is 12.2. The minimum atomic E-state index is -1.25. The van der Waals surface area contributed by atoms with Gasteiger partial charge in [0.05, 0.1) is 26.2 Å². The average molecular weight is 517 g/mol. The number of esters is 4. The second-order valence-electron chi connectivity index (χ2n) is 7.48. The highest BCUT2D eigenvalue weighted by molar-refractivity contribution is 5.87. The minimum Gasteiger partial charge on any atom is -0.480 e. The molecular weight excluding hydrogens is 484 g/mol. The van der Waals surface area contributed by atoms with Crippen molar-refractivity contribution in [2.45, 2.75) is 13.8 Å². The molecule has 0 saturated carbocycles. The molecule has 0 aromatic heterocycles. The highest BCUT2D eigenvalue weighted by Gasteiger charge is 2.20. The Bertz CT molecular complexity index is 775. The van der Waals surface area contributed by atoms with Crippen molar-refractivity contribution in [1.29, 1.82) is 0 Å². The Hall–Kier alpha value is -3.78. The first-order chi connectivity index (χ1) is 16.8. The molecule has 0 saturated heterocycles. The number of carboxylic acids is 2. The van der Waals surface area contributed by atoms with Crippen LogP contribution in [-0.2, 0) is 47.7 Å². The molecule has 14 nitrogen and oxygen atoms in total. The quantitative estimate of drug-likeness (QED) is 0.0929. The summed E-state index contributed by atoms with van der Waals surface area (Å²) >= 11 is 0. The van der Waals surface area contributed by atoms with E-state index >= 15 is 0 Å². The van der Waals surface area contributed by atoms with Gasteiger partial charge in [0, 0.05) is 24.2 Å². The molecule has 0 rings (SSSR count). The van der Waals surface area contributed by atoms with Gasteiger partial charge in [0.25, 0.3) is 0 Å². The zero-order chi connectivity index (χ0) is 27.7. The van der Waals surface area contributed by atoms with Gasteiger partial charge in [-0.1, -0.05) is 13.2 Å². The molecule has 0 aliphatic carbocycles. The molecule has 0 amide bonds. The summed E-state index contributed by atoms with van der Waals surface area (Å²) in [4.78, 5) is 71.3. The number of rotatable bonds is 19. The average Bonchev–Trinajstić information content (AvgIpc) is 2.76. The molecule has 36 heavy (non-hydrogen) atoms. The topological polar surface area (TPSA) is 186 Å². The summed E-state index contributed by atoms with van der Waals surface area (Å²) in [5.74, 6) is -5.38. The fraction of sp³-hybridized carbons (Fsp3) is 0.545. The van der Waals surface area contributed by atoms with Crippen LogP contribution in [0, 0.1) is 0 Å². The van der Waals surface area contributed by atoms with Gasteiger partial charge in [0.15, 0.2) is 0 Å². The largest absolute Gasteiger partial charge is 0.480 e. The number of carbonyl (C=O) groups is 6. The van der Waals surface area contributed by atoms with Gasteiger partial charge in [-0.25, -0.2) is 9.59 Å². The SMILES string of the molecule is C=C(C)C(=O)OCCOC(=O)CN(CCN(CC(=O)O)CC(=O)O)CC(=O)OCCOC(=O)C(=C)C. The van der Waals surface area contributed by atoms with Crippen LogP contribution in [0.5, 0.6) is 0 Å². The van der Waals surface area contributed by atoms with E-state index in [4.69, 9.17) is 29.2 Å². The summed E-state index contributed by atoms with van der Waals surface area (Å²) in [6.45, 7) is 6.59. The van der Waals surface area contributed by atoms with Crippen molar-refractivity contribution in [1.82, 2.24) is 9.80 Å². The summed E-state index contributed by atoms with van der Waals surface area (Å²) in [5, 5.41) is 17.9. The second kappa shape index (κ2) is 17.6. The summed E-state index contributed by atoms with van der Waals surface area (Å²) in [7, 11) is 0. The zero-order valence-corrected chi connectivity index (χ0v) is 20.4. The summed E-state index contributed by atoms with van der Waals surface area (Å²) in [6.07, 6.45) is 0. The molecule has 0 bridgehead atoms. The Morgan fingerprint density at radius 3 is 1.19 bits per heavy atom. The molecule has 0 spiro atoms. The Labute approximate surface area is 208 Å². The lowest BCUT2D eigenvalue weighted by Crippen LogP contribution is -2.44. The van der Waals surface area contributed by atoms with E-state index in [-0.39, 0.29) is 50.7 Å². The van der Waals surface area contributed by atoms with Crippen molar-refractivity contribution < 1.29 is 57.9 Å². The minimum absolute atomic E-state index is 0.0833. The molecule has 0 aromatic rings. The molecule has 0 atom stereocenters. The normalized spacial score (nSPS) is 10.4. The van der Waals surface area contributed by atoms with Gasteiger partial charge in [0.1, 0.15) is 26.4 Å². The fourth-order valence-corrected chi connectivity index (χ4v) is 2.38. The second-order valence-corrected chi connectivity index (χ2v) is 7.48. The monoisotopic (exact) mass is 516 g/mol. The lowest BCUT2D eigenvalue weighted by molar-refractivity contribution is -0.154. The van der Waals surface area contributed by atoms with Crippen molar-refractivity contribution >= 4 is 35.8 Å². The van der Waals surface area contributed by atoms with Gasteiger partial charge >= 0.3 is 35.8 Å². The van der Waals surface area contributed by atoms with Crippen LogP contribution < -0.4 is 0 Å².